The molecule has 7 nitrogen and oxygen atoms in total. The molecule has 1 N–H and O–H groups in total. The van der Waals surface area contributed by atoms with Crippen LogP contribution in [0.25, 0.3) is 27.9 Å². The van der Waals surface area contributed by atoms with Gasteiger partial charge in [0.2, 0.25) is 17.7 Å². The Morgan fingerprint density at radius 1 is 1.18 bits per heavy atom. The number of aryl methyl sites for hydroxylation is 2. The summed E-state index contributed by atoms with van der Waals surface area (Å²) < 4.78 is 11.1. The number of benzene rings is 2. The molecule has 0 radical (unpaired) electrons. The lowest BCUT2D eigenvalue weighted by atomic mass is 9.98. The number of aromatic nitrogens is 3. The first-order valence-electron chi connectivity index (χ1n) is 11.1. The minimum Gasteiger partial charge on any atom is -0.497 e. The quantitative estimate of drug-likeness (QED) is 0.464. The van der Waals surface area contributed by atoms with Crippen LogP contribution in [-0.2, 0) is 11.2 Å². The Balaban J connectivity index is 1.20. The fourth-order valence-electron chi connectivity index (χ4n) is 4.17. The summed E-state index contributed by atoms with van der Waals surface area (Å²) in [5.74, 6) is 1.90. The molecule has 7 heteroatoms. The summed E-state index contributed by atoms with van der Waals surface area (Å²) in [7, 11) is 1.68. The number of hydrogen-bond acceptors (Lipinski definition) is 5. The van der Waals surface area contributed by atoms with Crippen LogP contribution < -0.4 is 4.74 Å². The van der Waals surface area contributed by atoms with Gasteiger partial charge in [0.05, 0.1) is 7.11 Å². The van der Waals surface area contributed by atoms with Crippen molar-refractivity contribution < 1.29 is 13.9 Å². The van der Waals surface area contributed by atoms with E-state index < -0.39 is 0 Å². The molecule has 5 rings (SSSR count). The number of methoxy groups -OCH3 is 1. The van der Waals surface area contributed by atoms with Gasteiger partial charge in [-0.3, -0.25) is 4.79 Å². The molecule has 1 aliphatic rings. The number of fused-ring (bicyclic) bond motifs is 1. The zero-order valence-corrected chi connectivity index (χ0v) is 18.8. The second-order valence-electron chi connectivity index (χ2n) is 8.30. The summed E-state index contributed by atoms with van der Waals surface area (Å²) >= 11 is 0. The molecule has 33 heavy (non-hydrogen) atoms. The van der Waals surface area contributed by atoms with Crippen LogP contribution >= 0.6 is 0 Å². The fourth-order valence-corrected chi connectivity index (χ4v) is 4.17. The van der Waals surface area contributed by atoms with Crippen molar-refractivity contribution in [1.82, 2.24) is 20.1 Å². The van der Waals surface area contributed by atoms with Crippen molar-refractivity contribution in [3.63, 3.8) is 0 Å². The molecule has 1 amide bonds. The van der Waals surface area contributed by atoms with Crippen LogP contribution in [0.5, 0.6) is 5.75 Å². The molecular formula is C26H26N4O3. The molecule has 0 saturated carbocycles. The molecule has 0 atom stereocenters. The number of carbonyl (C=O) groups excluding carboxylic acids is 1. The number of hydrogen-bond donors (Lipinski definition) is 1. The van der Waals surface area contributed by atoms with E-state index in [1.165, 1.54) is 16.7 Å². The summed E-state index contributed by atoms with van der Waals surface area (Å²) in [4.78, 5) is 18.0. The van der Waals surface area contributed by atoms with Gasteiger partial charge in [-0.05, 0) is 49.2 Å². The van der Waals surface area contributed by atoms with Crippen LogP contribution in [0.3, 0.4) is 0 Å². The van der Waals surface area contributed by atoms with E-state index in [1.54, 1.807) is 7.11 Å². The van der Waals surface area contributed by atoms with E-state index in [0.717, 1.165) is 28.6 Å². The highest BCUT2D eigenvalue weighted by molar-refractivity contribution is 5.94. The largest absolute Gasteiger partial charge is 0.497 e. The minimum absolute atomic E-state index is 0.0981. The summed E-state index contributed by atoms with van der Waals surface area (Å²) in [5, 5.41) is 9.37. The predicted octanol–water partition coefficient (Wildman–Crippen LogP) is 4.78. The van der Waals surface area contributed by atoms with Gasteiger partial charge in [-0.25, -0.2) is 0 Å². The average Bonchev–Trinajstić information content (AvgIpc) is 3.50. The minimum atomic E-state index is 0.0981. The summed E-state index contributed by atoms with van der Waals surface area (Å²) in [6, 6.07) is 14.0. The van der Waals surface area contributed by atoms with Crippen LogP contribution in [0.15, 0.2) is 59.2 Å². The number of aromatic amines is 1. The highest BCUT2D eigenvalue weighted by Crippen LogP contribution is 2.31. The molecular weight excluding hydrogens is 416 g/mol. The number of nitrogens with one attached hydrogen (secondary N) is 1. The highest BCUT2D eigenvalue weighted by atomic mass is 16.5. The lowest BCUT2D eigenvalue weighted by Gasteiger charge is -2.26. The Morgan fingerprint density at radius 3 is 2.79 bits per heavy atom. The van der Waals surface area contributed by atoms with Crippen molar-refractivity contribution in [3.05, 3.63) is 71.8 Å². The second kappa shape index (κ2) is 8.94. The Kier molecular flexibility index (Phi) is 5.69. The van der Waals surface area contributed by atoms with Gasteiger partial charge >= 0.3 is 0 Å². The van der Waals surface area contributed by atoms with Gasteiger partial charge in [-0.2, -0.15) is 0 Å². The third-order valence-corrected chi connectivity index (χ3v) is 6.11. The van der Waals surface area contributed by atoms with Crippen molar-refractivity contribution in [2.24, 2.45) is 0 Å². The number of rotatable bonds is 6. The summed E-state index contributed by atoms with van der Waals surface area (Å²) in [6.07, 6.45) is 5.78. The number of amides is 1. The maximum absolute atomic E-state index is 12.8. The summed E-state index contributed by atoms with van der Waals surface area (Å²) in [5.41, 5.74) is 5.56. The van der Waals surface area contributed by atoms with Crippen molar-refractivity contribution >= 4 is 22.4 Å². The molecule has 2 aromatic carbocycles. The van der Waals surface area contributed by atoms with Gasteiger partial charge in [0.25, 0.3) is 0 Å². The molecule has 0 fully saturated rings. The molecule has 1 aliphatic heterocycles. The normalized spacial score (nSPS) is 13.9. The molecule has 0 bridgehead atoms. The molecule has 0 saturated heterocycles. The second-order valence-corrected chi connectivity index (χ2v) is 8.30. The standard InChI is InChI=1S/C26H26N4O3/c1-17-3-5-19(6-4-17)26-29-28-24(33-26)9-10-25(31)30-13-11-18(12-14-30)22-16-27-23-8-7-20(32-2)15-21(22)23/h3-8,11,15-16,27H,9-10,12-14H2,1-2H3. The molecule has 0 unspecified atom stereocenters. The third-order valence-electron chi connectivity index (χ3n) is 6.11. The van der Waals surface area contributed by atoms with E-state index in [1.807, 2.05) is 54.4 Å². The van der Waals surface area contributed by atoms with E-state index in [9.17, 15) is 4.79 Å². The monoisotopic (exact) mass is 442 g/mol. The van der Waals surface area contributed by atoms with E-state index in [-0.39, 0.29) is 5.91 Å². The Hall–Kier alpha value is -3.87. The van der Waals surface area contributed by atoms with Crippen molar-refractivity contribution in [2.45, 2.75) is 26.2 Å². The van der Waals surface area contributed by atoms with Gasteiger partial charge in [-0.1, -0.05) is 23.8 Å². The van der Waals surface area contributed by atoms with Gasteiger partial charge in [0.1, 0.15) is 5.75 Å². The summed E-state index contributed by atoms with van der Waals surface area (Å²) in [6.45, 7) is 3.33. The van der Waals surface area contributed by atoms with E-state index in [4.69, 9.17) is 9.15 Å². The zero-order valence-electron chi connectivity index (χ0n) is 18.8. The average molecular weight is 443 g/mol. The zero-order chi connectivity index (χ0) is 22.8. The van der Waals surface area contributed by atoms with Crippen molar-refractivity contribution in [2.75, 3.05) is 20.2 Å². The van der Waals surface area contributed by atoms with Gasteiger partial charge in [0, 0.05) is 54.2 Å². The van der Waals surface area contributed by atoms with E-state index >= 15 is 0 Å². The Morgan fingerprint density at radius 2 is 2.03 bits per heavy atom. The number of ether oxygens (including phenoxy) is 1. The van der Waals surface area contributed by atoms with Crippen LogP contribution in [0, 0.1) is 6.92 Å². The van der Waals surface area contributed by atoms with E-state index in [0.29, 0.717) is 37.7 Å². The van der Waals surface area contributed by atoms with Crippen molar-refractivity contribution in [1.29, 1.82) is 0 Å². The SMILES string of the molecule is COc1ccc2[nH]cc(C3=CCN(C(=O)CCc4nnc(-c5ccc(C)cc5)o4)CC3)c2c1. The molecule has 0 aliphatic carbocycles. The van der Waals surface area contributed by atoms with Crippen molar-refractivity contribution in [3.8, 4) is 17.2 Å². The van der Waals surface area contributed by atoms with Crippen LogP contribution in [0.2, 0.25) is 0 Å². The Bertz CT molecular complexity index is 1320. The third kappa shape index (κ3) is 4.39. The lowest BCUT2D eigenvalue weighted by molar-refractivity contribution is -0.130. The first-order valence-corrected chi connectivity index (χ1v) is 11.1. The molecule has 3 heterocycles. The first kappa shape index (κ1) is 21.0. The fraction of sp³-hybridized carbons (Fsp3) is 0.269. The van der Waals surface area contributed by atoms with Crippen LogP contribution in [0.4, 0.5) is 0 Å². The van der Waals surface area contributed by atoms with E-state index in [2.05, 4.69) is 27.3 Å². The van der Waals surface area contributed by atoms with Gasteiger partial charge < -0.3 is 19.0 Å². The van der Waals surface area contributed by atoms with Gasteiger partial charge in [-0.15, -0.1) is 10.2 Å². The topological polar surface area (TPSA) is 84.2 Å². The molecule has 168 valence electrons. The maximum Gasteiger partial charge on any atom is 0.247 e. The Labute approximate surface area is 192 Å². The lowest BCUT2D eigenvalue weighted by Crippen LogP contribution is -2.34. The number of carbonyl (C=O) groups is 1. The predicted molar refractivity (Wildman–Crippen MR) is 127 cm³/mol. The van der Waals surface area contributed by atoms with Gasteiger partial charge in [0.15, 0.2) is 0 Å². The molecule has 4 aromatic rings. The highest BCUT2D eigenvalue weighted by Gasteiger charge is 2.20. The smallest absolute Gasteiger partial charge is 0.247 e. The van der Waals surface area contributed by atoms with Crippen LogP contribution in [0.1, 0.15) is 29.9 Å². The number of H-pyrrole nitrogens is 1. The molecule has 2 aromatic heterocycles. The molecule has 0 spiro atoms. The first-order chi connectivity index (χ1) is 16.1. The number of nitrogens with zero attached hydrogens (tertiary/aromatic N) is 3. The van der Waals surface area contributed by atoms with Crippen LogP contribution in [-0.4, -0.2) is 46.2 Å². The maximum atomic E-state index is 12.8.